The van der Waals surface area contributed by atoms with Crippen molar-refractivity contribution in [3.05, 3.63) is 112 Å². The van der Waals surface area contributed by atoms with Crippen molar-refractivity contribution in [2.75, 3.05) is 6.54 Å². The number of nitro groups is 1. The van der Waals surface area contributed by atoms with Crippen molar-refractivity contribution in [1.29, 1.82) is 0 Å². The number of carbonyl (C=O) groups is 3. The van der Waals surface area contributed by atoms with Gasteiger partial charge in [-0.25, -0.2) is 0 Å². The van der Waals surface area contributed by atoms with Crippen LogP contribution in [0.5, 0.6) is 0 Å². The number of benzene rings is 3. The average molecular weight is 526 g/mol. The number of amides is 2. The highest BCUT2D eigenvalue weighted by atomic mass is 16.6. The fraction of sp³-hybridized carbons (Fsp3) is 0.233. The zero-order chi connectivity index (χ0) is 27.7. The Balaban J connectivity index is 1.56. The van der Waals surface area contributed by atoms with E-state index in [1.54, 1.807) is 19.1 Å². The number of nitro benzene ring substituents is 1. The van der Waals surface area contributed by atoms with Crippen LogP contribution in [0.2, 0.25) is 0 Å². The molecule has 3 aromatic carbocycles. The van der Waals surface area contributed by atoms with Crippen LogP contribution in [0.25, 0.3) is 11.1 Å². The lowest BCUT2D eigenvalue weighted by Gasteiger charge is -2.31. The molecule has 2 N–H and O–H groups in total. The van der Waals surface area contributed by atoms with Gasteiger partial charge in [-0.15, -0.1) is 0 Å². The molecule has 9 heteroatoms. The Bertz CT molecular complexity index is 1450. The number of non-ortho nitro benzene ring substituents is 1. The number of nitrogens with zero attached hydrogens (tertiary/aromatic N) is 2. The second kappa shape index (κ2) is 10.3. The van der Waals surface area contributed by atoms with E-state index in [0.29, 0.717) is 11.1 Å². The number of imide groups is 1. The SMILES string of the molecule is CC=CCN1C(=O)C2C(c3ccc(-c4ccccc4)cc3)NC(Cc3ccc([N+](=O)[O-])cc3)(C(=O)O)C2C1=O. The molecule has 0 spiro atoms. The molecule has 3 aromatic rings. The summed E-state index contributed by atoms with van der Waals surface area (Å²) in [5.41, 5.74) is 1.27. The van der Waals surface area contributed by atoms with E-state index in [9.17, 15) is 29.6 Å². The molecule has 4 atom stereocenters. The first-order valence-corrected chi connectivity index (χ1v) is 12.6. The van der Waals surface area contributed by atoms with E-state index < -0.39 is 46.1 Å². The molecule has 2 aliphatic heterocycles. The first kappa shape index (κ1) is 26.0. The van der Waals surface area contributed by atoms with Crippen LogP contribution in [0.3, 0.4) is 0 Å². The molecular formula is C30H27N3O6. The molecule has 0 radical (unpaired) electrons. The second-order valence-electron chi connectivity index (χ2n) is 9.85. The molecular weight excluding hydrogens is 498 g/mol. The lowest BCUT2D eigenvalue weighted by molar-refractivity contribution is -0.384. The molecule has 0 bridgehead atoms. The molecule has 2 aliphatic rings. The summed E-state index contributed by atoms with van der Waals surface area (Å²) in [5.74, 6) is -4.28. The Morgan fingerprint density at radius 1 is 1.00 bits per heavy atom. The summed E-state index contributed by atoms with van der Waals surface area (Å²) in [6, 6.07) is 22.2. The first-order valence-electron chi connectivity index (χ1n) is 12.6. The molecule has 0 aromatic heterocycles. The van der Waals surface area contributed by atoms with E-state index in [0.717, 1.165) is 16.0 Å². The van der Waals surface area contributed by atoms with Gasteiger partial charge >= 0.3 is 5.97 Å². The molecule has 2 fully saturated rings. The van der Waals surface area contributed by atoms with Crippen molar-refractivity contribution >= 4 is 23.5 Å². The average Bonchev–Trinajstić information content (AvgIpc) is 3.42. The van der Waals surface area contributed by atoms with Gasteiger partial charge < -0.3 is 5.11 Å². The van der Waals surface area contributed by atoms with E-state index >= 15 is 0 Å². The van der Waals surface area contributed by atoms with Gasteiger partial charge in [-0.1, -0.05) is 78.9 Å². The second-order valence-corrected chi connectivity index (χ2v) is 9.85. The minimum absolute atomic E-state index is 0.0636. The Hall–Kier alpha value is -4.63. The number of fused-ring (bicyclic) bond motifs is 1. The summed E-state index contributed by atoms with van der Waals surface area (Å²) in [6.07, 6.45) is 3.29. The van der Waals surface area contributed by atoms with Crippen molar-refractivity contribution in [1.82, 2.24) is 10.2 Å². The van der Waals surface area contributed by atoms with Crippen LogP contribution in [-0.2, 0) is 20.8 Å². The third kappa shape index (κ3) is 4.51. The summed E-state index contributed by atoms with van der Waals surface area (Å²) in [6.45, 7) is 1.84. The molecule has 2 saturated heterocycles. The Morgan fingerprint density at radius 3 is 2.23 bits per heavy atom. The predicted octanol–water partition coefficient (Wildman–Crippen LogP) is 4.15. The summed E-state index contributed by atoms with van der Waals surface area (Å²) < 4.78 is 0. The number of rotatable bonds is 8. The van der Waals surface area contributed by atoms with Gasteiger partial charge in [0.2, 0.25) is 11.8 Å². The maximum atomic E-state index is 13.7. The molecule has 4 unspecified atom stereocenters. The van der Waals surface area contributed by atoms with Crippen molar-refractivity contribution in [2.24, 2.45) is 11.8 Å². The molecule has 9 nitrogen and oxygen atoms in total. The lowest BCUT2D eigenvalue weighted by Crippen LogP contribution is -2.57. The zero-order valence-electron chi connectivity index (χ0n) is 21.2. The third-order valence-electron chi connectivity index (χ3n) is 7.66. The van der Waals surface area contributed by atoms with Gasteiger partial charge in [-0.3, -0.25) is 34.7 Å². The maximum absolute atomic E-state index is 13.7. The van der Waals surface area contributed by atoms with Crippen LogP contribution in [0, 0.1) is 22.0 Å². The Kier molecular flexibility index (Phi) is 6.84. The number of hydrogen-bond acceptors (Lipinski definition) is 6. The molecule has 5 rings (SSSR count). The quantitative estimate of drug-likeness (QED) is 0.196. The summed E-state index contributed by atoms with van der Waals surface area (Å²) in [7, 11) is 0. The van der Waals surface area contributed by atoms with Gasteiger partial charge in [0.25, 0.3) is 5.69 Å². The van der Waals surface area contributed by atoms with Crippen molar-refractivity contribution in [2.45, 2.75) is 24.9 Å². The number of aliphatic carboxylic acids is 1. The molecule has 39 heavy (non-hydrogen) atoms. The number of allylic oxidation sites excluding steroid dienone is 1. The number of likely N-dealkylation sites (tertiary alicyclic amines) is 1. The van der Waals surface area contributed by atoms with Crippen molar-refractivity contribution in [3.8, 4) is 11.1 Å². The molecule has 0 saturated carbocycles. The van der Waals surface area contributed by atoms with Gasteiger partial charge in [-0.2, -0.15) is 0 Å². The van der Waals surface area contributed by atoms with E-state index in [-0.39, 0.29) is 18.7 Å². The highest BCUT2D eigenvalue weighted by Gasteiger charge is 2.68. The van der Waals surface area contributed by atoms with Crippen LogP contribution in [0.4, 0.5) is 5.69 Å². The Labute approximate surface area is 224 Å². The van der Waals surface area contributed by atoms with E-state index in [1.807, 2.05) is 54.6 Å². The van der Waals surface area contributed by atoms with Crippen LogP contribution in [-0.4, -0.2) is 44.8 Å². The van der Waals surface area contributed by atoms with Gasteiger partial charge in [0, 0.05) is 31.1 Å². The van der Waals surface area contributed by atoms with Crippen LogP contribution in [0.15, 0.2) is 91.0 Å². The molecule has 198 valence electrons. The van der Waals surface area contributed by atoms with E-state index in [2.05, 4.69) is 5.32 Å². The normalized spacial score (nSPS) is 24.3. The monoisotopic (exact) mass is 525 g/mol. The molecule has 0 aliphatic carbocycles. The topological polar surface area (TPSA) is 130 Å². The lowest BCUT2D eigenvalue weighted by atomic mass is 9.76. The highest BCUT2D eigenvalue weighted by Crippen LogP contribution is 2.50. The first-order chi connectivity index (χ1) is 18.8. The van der Waals surface area contributed by atoms with Gasteiger partial charge in [-0.05, 0) is 29.2 Å². The number of nitrogens with one attached hydrogen (secondary N) is 1. The van der Waals surface area contributed by atoms with Crippen molar-refractivity contribution in [3.63, 3.8) is 0 Å². The third-order valence-corrected chi connectivity index (χ3v) is 7.66. The van der Waals surface area contributed by atoms with E-state index in [1.165, 1.54) is 24.3 Å². The number of carboxylic acid groups (broad SMARTS) is 1. The minimum atomic E-state index is -1.79. The molecule has 2 amide bonds. The zero-order valence-corrected chi connectivity index (χ0v) is 21.2. The van der Waals surface area contributed by atoms with Crippen LogP contribution >= 0.6 is 0 Å². The van der Waals surface area contributed by atoms with E-state index in [4.69, 9.17) is 0 Å². The van der Waals surface area contributed by atoms with Gasteiger partial charge in [0.1, 0.15) is 5.54 Å². The fourth-order valence-corrected chi connectivity index (χ4v) is 5.75. The summed E-state index contributed by atoms with van der Waals surface area (Å²) in [4.78, 5) is 51.9. The largest absolute Gasteiger partial charge is 0.480 e. The van der Waals surface area contributed by atoms with Gasteiger partial charge in [0.15, 0.2) is 0 Å². The van der Waals surface area contributed by atoms with Crippen molar-refractivity contribution < 1.29 is 24.4 Å². The number of carbonyl (C=O) groups excluding carboxylic acids is 2. The van der Waals surface area contributed by atoms with Gasteiger partial charge in [0.05, 0.1) is 16.8 Å². The molecule has 2 heterocycles. The minimum Gasteiger partial charge on any atom is -0.480 e. The number of carboxylic acids is 1. The van der Waals surface area contributed by atoms with Crippen LogP contribution in [0.1, 0.15) is 24.1 Å². The predicted molar refractivity (Wildman–Crippen MR) is 143 cm³/mol. The highest BCUT2D eigenvalue weighted by molar-refractivity contribution is 6.09. The van der Waals surface area contributed by atoms with Crippen LogP contribution < -0.4 is 5.32 Å². The summed E-state index contributed by atoms with van der Waals surface area (Å²) >= 11 is 0. The smallest absolute Gasteiger partial charge is 0.325 e. The fourth-order valence-electron chi connectivity index (χ4n) is 5.75. The Morgan fingerprint density at radius 2 is 1.64 bits per heavy atom. The maximum Gasteiger partial charge on any atom is 0.325 e. The summed E-state index contributed by atoms with van der Waals surface area (Å²) in [5, 5.41) is 24.9. The standard InChI is InChI=1S/C30H27N3O6/c1-2-3-17-32-27(34)24-25(28(32)35)30(29(36)37,18-19-9-15-23(16-10-19)33(38)39)31-26(24)22-13-11-21(12-14-22)20-7-5-4-6-8-20/h2-16,24-26,31H,17-18H2,1H3,(H,36,37). The number of hydrogen-bond donors (Lipinski definition) is 2.